The van der Waals surface area contributed by atoms with Crippen LogP contribution in [0.4, 0.5) is 13.6 Å². The number of urea groups is 1. The molecule has 1 N–H and O–H groups in total. The quantitative estimate of drug-likeness (QED) is 0.768. The predicted molar refractivity (Wildman–Crippen MR) is 119 cm³/mol. The number of carbonyl (C=O) groups excluding carboxylic acids is 2. The maximum atomic E-state index is 13.9. The summed E-state index contributed by atoms with van der Waals surface area (Å²) in [5.74, 6) is -0.886. The van der Waals surface area contributed by atoms with Crippen LogP contribution in [-0.4, -0.2) is 54.0 Å². The zero-order valence-electron chi connectivity index (χ0n) is 17.9. The maximum absolute atomic E-state index is 13.9. The number of hydrogen-bond donors (Lipinski definition) is 1. The lowest BCUT2D eigenvalue weighted by atomic mass is 10.0. The number of hydrogen-bond acceptors (Lipinski definition) is 2. The first-order valence-electron chi connectivity index (χ1n) is 11.0. The van der Waals surface area contributed by atoms with Crippen molar-refractivity contribution in [2.75, 3.05) is 26.2 Å². The van der Waals surface area contributed by atoms with E-state index in [0.29, 0.717) is 44.6 Å². The second-order valence-electron chi connectivity index (χ2n) is 8.34. The zero-order chi connectivity index (χ0) is 22.5. The van der Waals surface area contributed by atoms with E-state index in [0.717, 1.165) is 30.5 Å². The Balaban J connectivity index is 1.24. The highest BCUT2D eigenvalue weighted by Crippen LogP contribution is 2.22. The molecule has 0 unspecified atom stereocenters. The molecule has 32 heavy (non-hydrogen) atoms. The van der Waals surface area contributed by atoms with Crippen molar-refractivity contribution in [2.24, 2.45) is 0 Å². The lowest BCUT2D eigenvalue weighted by Crippen LogP contribution is -2.51. The monoisotopic (exact) mass is 439 g/mol. The second kappa shape index (κ2) is 9.94. The highest BCUT2D eigenvalue weighted by Gasteiger charge is 2.27. The summed E-state index contributed by atoms with van der Waals surface area (Å²) in [4.78, 5) is 28.8. The Morgan fingerprint density at radius 3 is 2.28 bits per heavy atom. The summed E-state index contributed by atoms with van der Waals surface area (Å²) in [7, 11) is 0. The molecular weight excluding hydrogens is 412 g/mol. The molecule has 2 fully saturated rings. The number of likely N-dealkylation sites (tertiary alicyclic amines) is 2. The summed E-state index contributed by atoms with van der Waals surface area (Å²) in [5, 5.41) is 3.09. The van der Waals surface area contributed by atoms with Crippen molar-refractivity contribution >= 4 is 18.0 Å². The van der Waals surface area contributed by atoms with Crippen LogP contribution in [0.3, 0.4) is 0 Å². The van der Waals surface area contributed by atoms with Gasteiger partial charge < -0.3 is 15.1 Å². The van der Waals surface area contributed by atoms with Crippen molar-refractivity contribution in [3.05, 3.63) is 76.9 Å². The Morgan fingerprint density at radius 1 is 0.906 bits per heavy atom. The van der Waals surface area contributed by atoms with Crippen LogP contribution in [0, 0.1) is 11.6 Å². The van der Waals surface area contributed by atoms with E-state index in [1.165, 1.54) is 6.07 Å². The van der Waals surface area contributed by atoms with Gasteiger partial charge in [-0.1, -0.05) is 29.8 Å². The maximum Gasteiger partial charge on any atom is 0.317 e. The molecule has 0 radical (unpaired) electrons. The molecule has 2 aromatic rings. The van der Waals surface area contributed by atoms with E-state index in [-0.39, 0.29) is 23.5 Å². The summed E-state index contributed by atoms with van der Waals surface area (Å²) in [6.07, 6.45) is 4.40. The minimum atomic E-state index is -0.466. The summed E-state index contributed by atoms with van der Waals surface area (Å²) in [6, 6.07) is 12.6. The van der Waals surface area contributed by atoms with Gasteiger partial charge in [0.05, 0.1) is 0 Å². The minimum absolute atomic E-state index is 0.0282. The molecule has 7 heteroatoms. The summed E-state index contributed by atoms with van der Waals surface area (Å²) in [5.41, 5.74) is 1.94. The normalized spacial score (nSPS) is 17.2. The van der Waals surface area contributed by atoms with Gasteiger partial charge in [-0.05, 0) is 56.0 Å². The van der Waals surface area contributed by atoms with Gasteiger partial charge >= 0.3 is 6.03 Å². The predicted octanol–water partition coefficient (Wildman–Crippen LogP) is 4.46. The van der Waals surface area contributed by atoms with E-state index in [4.69, 9.17) is 0 Å². The fourth-order valence-electron chi connectivity index (χ4n) is 4.24. The average Bonchev–Trinajstić information content (AvgIpc) is 2.82. The summed E-state index contributed by atoms with van der Waals surface area (Å²) >= 11 is 0. The van der Waals surface area contributed by atoms with Crippen LogP contribution in [0.1, 0.15) is 41.6 Å². The highest BCUT2D eigenvalue weighted by atomic mass is 19.1. The topological polar surface area (TPSA) is 52.7 Å². The Morgan fingerprint density at radius 2 is 1.59 bits per heavy atom. The smallest absolute Gasteiger partial charge is 0.317 e. The molecule has 0 spiro atoms. The first-order chi connectivity index (χ1) is 15.5. The fraction of sp³-hybridized carbons (Fsp3) is 0.360. The third kappa shape index (κ3) is 5.33. The van der Waals surface area contributed by atoms with Gasteiger partial charge in [-0.2, -0.15) is 0 Å². The third-order valence-electron chi connectivity index (χ3n) is 6.14. The molecule has 2 aliphatic heterocycles. The average molecular weight is 440 g/mol. The van der Waals surface area contributed by atoms with Gasteiger partial charge in [0.2, 0.25) is 0 Å². The highest BCUT2D eigenvalue weighted by molar-refractivity contribution is 5.94. The number of amides is 3. The zero-order valence-corrected chi connectivity index (χ0v) is 17.9. The number of rotatable bonds is 3. The van der Waals surface area contributed by atoms with Crippen LogP contribution in [0.15, 0.2) is 54.1 Å². The first kappa shape index (κ1) is 22.0. The molecule has 2 aliphatic rings. The number of benzene rings is 2. The first-order valence-corrected chi connectivity index (χ1v) is 11.0. The Labute approximate surface area is 186 Å². The van der Waals surface area contributed by atoms with Gasteiger partial charge in [0.25, 0.3) is 5.91 Å². The van der Waals surface area contributed by atoms with Crippen molar-refractivity contribution < 1.29 is 18.4 Å². The standard InChI is InChI=1S/C25H27F2N3O2/c26-21-6-7-23(27)20(17-21)16-18-8-12-30(13-9-18)25(32)28-22-10-14-29(15-11-22)24(31)19-4-2-1-3-5-19/h1-7,16-17,22H,8-15H2,(H,28,32). The molecule has 2 heterocycles. The lowest BCUT2D eigenvalue weighted by Gasteiger charge is -2.35. The summed E-state index contributed by atoms with van der Waals surface area (Å²) in [6.45, 7) is 2.31. The Bertz CT molecular complexity index is 992. The van der Waals surface area contributed by atoms with E-state index >= 15 is 0 Å². The molecule has 5 nitrogen and oxygen atoms in total. The van der Waals surface area contributed by atoms with E-state index in [2.05, 4.69) is 5.32 Å². The molecule has 2 saturated heterocycles. The van der Waals surface area contributed by atoms with Gasteiger partial charge in [0.1, 0.15) is 11.6 Å². The van der Waals surface area contributed by atoms with Crippen molar-refractivity contribution in [3.63, 3.8) is 0 Å². The summed E-state index contributed by atoms with van der Waals surface area (Å²) < 4.78 is 27.2. The van der Waals surface area contributed by atoms with Gasteiger partial charge in [-0.15, -0.1) is 0 Å². The van der Waals surface area contributed by atoms with E-state index < -0.39 is 11.6 Å². The molecule has 0 saturated carbocycles. The number of halogens is 2. The molecule has 0 atom stereocenters. The van der Waals surface area contributed by atoms with Crippen LogP contribution >= 0.6 is 0 Å². The Hall–Kier alpha value is -3.22. The van der Waals surface area contributed by atoms with Crippen LogP contribution in [0.5, 0.6) is 0 Å². The van der Waals surface area contributed by atoms with Crippen LogP contribution in [0.2, 0.25) is 0 Å². The van der Waals surface area contributed by atoms with Crippen LogP contribution < -0.4 is 5.32 Å². The third-order valence-corrected chi connectivity index (χ3v) is 6.14. The number of nitrogens with zero attached hydrogens (tertiary/aromatic N) is 2. The van der Waals surface area contributed by atoms with Gasteiger partial charge in [-0.3, -0.25) is 4.79 Å². The fourth-order valence-corrected chi connectivity index (χ4v) is 4.24. The van der Waals surface area contributed by atoms with Crippen molar-refractivity contribution in [1.29, 1.82) is 0 Å². The second-order valence-corrected chi connectivity index (χ2v) is 8.34. The molecule has 4 rings (SSSR count). The van der Waals surface area contributed by atoms with Gasteiger partial charge in [0.15, 0.2) is 0 Å². The molecule has 0 aromatic heterocycles. The molecule has 2 aromatic carbocycles. The van der Waals surface area contributed by atoms with Crippen LogP contribution in [-0.2, 0) is 0 Å². The van der Waals surface area contributed by atoms with E-state index in [1.807, 2.05) is 35.2 Å². The number of piperidine rings is 2. The minimum Gasteiger partial charge on any atom is -0.338 e. The van der Waals surface area contributed by atoms with E-state index in [9.17, 15) is 18.4 Å². The Kier molecular flexibility index (Phi) is 6.83. The molecule has 0 aliphatic carbocycles. The SMILES string of the molecule is O=C(NC1CCN(C(=O)c2ccccc2)CC1)N1CCC(=Cc2cc(F)ccc2F)CC1. The van der Waals surface area contributed by atoms with Crippen molar-refractivity contribution in [3.8, 4) is 0 Å². The van der Waals surface area contributed by atoms with Crippen molar-refractivity contribution in [1.82, 2.24) is 15.1 Å². The molecular formula is C25H27F2N3O2. The van der Waals surface area contributed by atoms with Gasteiger partial charge in [-0.25, -0.2) is 13.6 Å². The molecule has 3 amide bonds. The van der Waals surface area contributed by atoms with Gasteiger partial charge in [0, 0.05) is 43.3 Å². The lowest BCUT2D eigenvalue weighted by molar-refractivity contribution is 0.0706. The largest absolute Gasteiger partial charge is 0.338 e. The van der Waals surface area contributed by atoms with Crippen LogP contribution in [0.25, 0.3) is 6.08 Å². The molecule has 168 valence electrons. The number of carbonyl (C=O) groups is 2. The van der Waals surface area contributed by atoms with E-state index in [1.54, 1.807) is 11.0 Å². The number of nitrogens with one attached hydrogen (secondary N) is 1. The molecule has 0 bridgehead atoms. The van der Waals surface area contributed by atoms with Crippen molar-refractivity contribution in [2.45, 2.75) is 31.7 Å².